The van der Waals surface area contributed by atoms with E-state index in [2.05, 4.69) is 125 Å². The maximum atomic E-state index is 4.77. The first-order valence-electron chi connectivity index (χ1n) is 10.8. The summed E-state index contributed by atoms with van der Waals surface area (Å²) in [4.78, 5) is 9.37. The van der Waals surface area contributed by atoms with E-state index >= 15 is 0 Å². The summed E-state index contributed by atoms with van der Waals surface area (Å²) in [6, 6.07) is 36.4. The van der Waals surface area contributed by atoms with E-state index in [-0.39, 0.29) is 0 Å². The minimum atomic E-state index is 1.01. The van der Waals surface area contributed by atoms with Crippen LogP contribution >= 0.6 is 22.6 Å². The van der Waals surface area contributed by atoms with Gasteiger partial charge in [0.1, 0.15) is 0 Å². The highest BCUT2D eigenvalue weighted by Crippen LogP contribution is 2.31. The minimum absolute atomic E-state index is 1.01. The molecule has 156 valence electrons. The van der Waals surface area contributed by atoms with Gasteiger partial charge in [-0.05, 0) is 75.2 Å². The van der Waals surface area contributed by atoms with Crippen LogP contribution in [0, 0.1) is 3.57 Å². The van der Waals surface area contributed by atoms with E-state index in [0.717, 1.165) is 38.5 Å². The van der Waals surface area contributed by atoms with Gasteiger partial charge in [0.25, 0.3) is 0 Å². The van der Waals surface area contributed by atoms with E-state index in [4.69, 9.17) is 4.98 Å². The first-order valence-corrected chi connectivity index (χ1v) is 11.9. The molecule has 33 heavy (non-hydrogen) atoms. The highest BCUT2D eigenvalue weighted by Gasteiger charge is 2.07. The molecule has 0 saturated heterocycles. The highest BCUT2D eigenvalue weighted by molar-refractivity contribution is 14.1. The van der Waals surface area contributed by atoms with Gasteiger partial charge in [0.15, 0.2) is 0 Å². The Labute approximate surface area is 206 Å². The number of fused-ring (bicyclic) bond motifs is 2. The summed E-state index contributed by atoms with van der Waals surface area (Å²) < 4.78 is 1.24. The molecular weight excluding hydrogens is 515 g/mol. The lowest BCUT2D eigenvalue weighted by Crippen LogP contribution is -1.87. The summed E-state index contributed by atoms with van der Waals surface area (Å²) in [6.07, 6.45) is 3.82. The zero-order chi connectivity index (χ0) is 22.2. The Morgan fingerprint density at radius 2 is 1.21 bits per heavy atom. The summed E-state index contributed by atoms with van der Waals surface area (Å²) >= 11 is 2.33. The number of halogens is 1. The molecular formula is C30H19IN2. The van der Waals surface area contributed by atoms with Crippen molar-refractivity contribution in [1.82, 2.24) is 9.97 Å². The molecule has 0 atom stereocenters. The van der Waals surface area contributed by atoms with Gasteiger partial charge in [0.05, 0.1) is 11.0 Å². The maximum Gasteiger partial charge on any atom is 0.0780 e. The van der Waals surface area contributed by atoms with Crippen molar-refractivity contribution in [2.24, 2.45) is 0 Å². The molecule has 0 N–H and O–H groups in total. The molecule has 6 rings (SSSR count). The van der Waals surface area contributed by atoms with Crippen LogP contribution in [0.5, 0.6) is 0 Å². The Morgan fingerprint density at radius 1 is 0.515 bits per heavy atom. The smallest absolute Gasteiger partial charge is 0.0780 e. The lowest BCUT2D eigenvalue weighted by molar-refractivity contribution is 1.40. The second-order valence-electron chi connectivity index (χ2n) is 8.10. The number of aromatic nitrogens is 2. The summed E-state index contributed by atoms with van der Waals surface area (Å²) in [5.41, 5.74) is 9.03. The van der Waals surface area contributed by atoms with Gasteiger partial charge < -0.3 is 0 Å². The number of hydrogen-bond donors (Lipinski definition) is 0. The molecule has 0 bridgehead atoms. The maximum absolute atomic E-state index is 4.77. The van der Waals surface area contributed by atoms with Crippen molar-refractivity contribution in [2.75, 3.05) is 0 Å². The van der Waals surface area contributed by atoms with Crippen molar-refractivity contribution < 1.29 is 0 Å². The van der Waals surface area contributed by atoms with Crippen LogP contribution in [0.3, 0.4) is 0 Å². The molecule has 0 amide bonds. The number of nitrogens with zero attached hydrogens (tertiary/aromatic N) is 2. The fourth-order valence-electron chi connectivity index (χ4n) is 4.28. The molecule has 2 heterocycles. The third-order valence-corrected chi connectivity index (χ3v) is 6.74. The molecule has 0 aliphatic carbocycles. The van der Waals surface area contributed by atoms with Crippen LogP contribution < -0.4 is 0 Å². The molecule has 3 heteroatoms. The van der Waals surface area contributed by atoms with E-state index in [1.54, 1.807) is 0 Å². The monoisotopic (exact) mass is 534 g/mol. The van der Waals surface area contributed by atoms with Gasteiger partial charge in [-0.3, -0.25) is 9.97 Å². The van der Waals surface area contributed by atoms with Crippen molar-refractivity contribution in [3.8, 4) is 33.4 Å². The Morgan fingerprint density at radius 3 is 2.06 bits per heavy atom. The van der Waals surface area contributed by atoms with Crippen LogP contribution in [0.25, 0.3) is 55.2 Å². The molecule has 4 aromatic carbocycles. The van der Waals surface area contributed by atoms with Crippen LogP contribution in [0.4, 0.5) is 0 Å². The Bertz CT molecular complexity index is 1600. The number of para-hydroxylation sites is 1. The van der Waals surface area contributed by atoms with Crippen molar-refractivity contribution >= 4 is 44.4 Å². The SMILES string of the molecule is Ic1ccc(-c2ccc3cc(-c4ccc(-c5cccc6cccnc56)cc4)cnc3c2)cc1. The van der Waals surface area contributed by atoms with Crippen LogP contribution in [0.1, 0.15) is 0 Å². The molecule has 0 fully saturated rings. The zero-order valence-corrected chi connectivity index (χ0v) is 19.9. The molecule has 2 nitrogen and oxygen atoms in total. The van der Waals surface area contributed by atoms with Crippen molar-refractivity contribution in [3.63, 3.8) is 0 Å². The first-order chi connectivity index (χ1) is 16.2. The number of benzene rings is 4. The van der Waals surface area contributed by atoms with Gasteiger partial charge in [0, 0.05) is 37.9 Å². The van der Waals surface area contributed by atoms with Crippen molar-refractivity contribution in [1.29, 1.82) is 0 Å². The van der Waals surface area contributed by atoms with E-state index < -0.39 is 0 Å². The average Bonchev–Trinajstić information content (AvgIpc) is 2.88. The summed E-state index contributed by atoms with van der Waals surface area (Å²) in [5.74, 6) is 0. The van der Waals surface area contributed by atoms with Gasteiger partial charge in [0.2, 0.25) is 0 Å². The quantitative estimate of drug-likeness (QED) is 0.213. The molecule has 0 saturated carbocycles. The minimum Gasteiger partial charge on any atom is -0.256 e. The molecule has 0 spiro atoms. The highest BCUT2D eigenvalue weighted by atomic mass is 127. The molecule has 0 aliphatic heterocycles. The first kappa shape index (κ1) is 20.1. The second kappa shape index (κ2) is 8.41. The lowest BCUT2D eigenvalue weighted by atomic mass is 9.98. The third-order valence-electron chi connectivity index (χ3n) is 6.02. The topological polar surface area (TPSA) is 25.8 Å². The van der Waals surface area contributed by atoms with Gasteiger partial charge >= 0.3 is 0 Å². The fourth-order valence-corrected chi connectivity index (χ4v) is 4.64. The summed E-state index contributed by atoms with van der Waals surface area (Å²) in [5, 5.41) is 2.30. The zero-order valence-electron chi connectivity index (χ0n) is 17.7. The summed E-state index contributed by atoms with van der Waals surface area (Å²) in [6.45, 7) is 0. The Kier molecular flexibility index (Phi) is 5.11. The predicted molar refractivity (Wildman–Crippen MR) is 146 cm³/mol. The molecule has 0 unspecified atom stereocenters. The number of pyridine rings is 2. The van der Waals surface area contributed by atoms with E-state index in [1.165, 1.54) is 20.3 Å². The standard InChI is InChI=1S/C30H19IN2/c31-27-14-12-20(13-15-27)24-10-11-25-17-26(19-33-29(25)18-24)21-6-8-22(9-7-21)28-5-1-3-23-4-2-16-32-30(23)28/h1-19H. The third kappa shape index (κ3) is 3.89. The summed E-state index contributed by atoms with van der Waals surface area (Å²) in [7, 11) is 0. The predicted octanol–water partition coefficient (Wildman–Crippen LogP) is 8.39. The molecule has 6 aromatic rings. The van der Waals surface area contributed by atoms with Gasteiger partial charge in [-0.1, -0.05) is 72.8 Å². The van der Waals surface area contributed by atoms with Gasteiger partial charge in [-0.25, -0.2) is 0 Å². The normalized spacial score (nSPS) is 11.2. The van der Waals surface area contributed by atoms with E-state index in [1.807, 2.05) is 18.5 Å². The van der Waals surface area contributed by atoms with Gasteiger partial charge in [-0.2, -0.15) is 0 Å². The van der Waals surface area contributed by atoms with Crippen LogP contribution in [0.15, 0.2) is 116 Å². The average molecular weight is 534 g/mol. The lowest BCUT2D eigenvalue weighted by Gasteiger charge is -2.09. The fraction of sp³-hybridized carbons (Fsp3) is 0. The van der Waals surface area contributed by atoms with Gasteiger partial charge in [-0.15, -0.1) is 0 Å². The van der Waals surface area contributed by atoms with E-state index in [9.17, 15) is 0 Å². The van der Waals surface area contributed by atoms with Crippen molar-refractivity contribution in [3.05, 3.63) is 119 Å². The largest absolute Gasteiger partial charge is 0.256 e. The molecule has 0 radical (unpaired) electrons. The van der Waals surface area contributed by atoms with E-state index in [0.29, 0.717) is 0 Å². The number of rotatable bonds is 3. The Hall–Kier alpha value is -3.57. The molecule has 0 aliphatic rings. The van der Waals surface area contributed by atoms with Crippen LogP contribution in [-0.4, -0.2) is 9.97 Å². The van der Waals surface area contributed by atoms with Crippen LogP contribution in [0.2, 0.25) is 0 Å². The molecule has 2 aromatic heterocycles. The van der Waals surface area contributed by atoms with Crippen molar-refractivity contribution in [2.45, 2.75) is 0 Å². The van der Waals surface area contributed by atoms with Crippen LogP contribution in [-0.2, 0) is 0 Å². The number of hydrogen-bond acceptors (Lipinski definition) is 2. The second-order valence-corrected chi connectivity index (χ2v) is 9.34. The Balaban J connectivity index is 1.33.